The molecule has 0 fully saturated rings. The lowest BCUT2D eigenvalue weighted by atomic mass is 10.0. The normalized spacial score (nSPS) is 16.7. The number of anilines is 1. The van der Waals surface area contributed by atoms with Gasteiger partial charge in [0.15, 0.2) is 0 Å². The first-order valence-electron chi connectivity index (χ1n) is 9.51. The van der Waals surface area contributed by atoms with Crippen LogP contribution in [0.5, 0.6) is 0 Å². The van der Waals surface area contributed by atoms with Gasteiger partial charge in [-0.2, -0.15) is 0 Å². The highest BCUT2D eigenvalue weighted by Crippen LogP contribution is 2.25. The Balaban J connectivity index is 1.43. The van der Waals surface area contributed by atoms with Crippen LogP contribution in [-0.4, -0.2) is 28.5 Å². The highest BCUT2D eigenvalue weighted by atomic mass is 16.2. The van der Waals surface area contributed by atoms with E-state index in [-0.39, 0.29) is 11.9 Å². The summed E-state index contributed by atoms with van der Waals surface area (Å²) in [6.45, 7) is 4.40. The molecule has 4 rings (SSSR count). The van der Waals surface area contributed by atoms with Crippen LogP contribution in [-0.2, 0) is 17.8 Å². The van der Waals surface area contributed by atoms with Crippen molar-refractivity contribution >= 4 is 11.6 Å². The van der Waals surface area contributed by atoms with E-state index in [1.807, 2.05) is 36.4 Å². The molecule has 1 amide bonds. The molecule has 0 spiro atoms. The van der Waals surface area contributed by atoms with Gasteiger partial charge in [-0.05, 0) is 42.7 Å². The number of amides is 1. The zero-order valence-corrected chi connectivity index (χ0v) is 15.6. The molecule has 2 aromatic carbocycles. The molecular formula is C23H25N3O. The summed E-state index contributed by atoms with van der Waals surface area (Å²) in [5.41, 5.74) is 4.56. The SMILES string of the molecule is C[C@@H]1c2cccn2CCN1CC(=O)Nc1ccccc1Cc1ccccc1. The average Bonchev–Trinajstić information content (AvgIpc) is 3.16. The maximum atomic E-state index is 12.7. The second kappa shape index (κ2) is 7.80. The molecule has 0 saturated carbocycles. The van der Waals surface area contributed by atoms with Crippen molar-refractivity contribution in [2.75, 3.05) is 18.4 Å². The number of nitrogens with zero attached hydrogens (tertiary/aromatic N) is 2. The molecule has 1 atom stereocenters. The topological polar surface area (TPSA) is 37.3 Å². The predicted octanol–water partition coefficient (Wildman–Crippen LogP) is 4.09. The van der Waals surface area contributed by atoms with E-state index in [9.17, 15) is 4.79 Å². The van der Waals surface area contributed by atoms with Gasteiger partial charge in [-0.15, -0.1) is 0 Å². The Bertz CT molecular complexity index is 916. The predicted molar refractivity (Wildman–Crippen MR) is 109 cm³/mol. The third-order valence-electron chi connectivity index (χ3n) is 5.34. The van der Waals surface area contributed by atoms with Gasteiger partial charge in [-0.1, -0.05) is 48.5 Å². The number of benzene rings is 2. The maximum absolute atomic E-state index is 12.7. The van der Waals surface area contributed by atoms with Crippen LogP contribution in [0.25, 0.3) is 0 Å². The summed E-state index contributed by atoms with van der Waals surface area (Å²) < 4.78 is 2.27. The first-order chi connectivity index (χ1) is 13.2. The summed E-state index contributed by atoms with van der Waals surface area (Å²) in [6.07, 6.45) is 2.92. The number of rotatable bonds is 5. The van der Waals surface area contributed by atoms with Gasteiger partial charge < -0.3 is 9.88 Å². The van der Waals surface area contributed by atoms with E-state index in [1.54, 1.807) is 0 Å². The molecular weight excluding hydrogens is 334 g/mol. The van der Waals surface area contributed by atoms with Crippen molar-refractivity contribution < 1.29 is 4.79 Å². The zero-order chi connectivity index (χ0) is 18.6. The van der Waals surface area contributed by atoms with Crippen molar-refractivity contribution in [3.8, 4) is 0 Å². The molecule has 0 aliphatic carbocycles. The van der Waals surface area contributed by atoms with Gasteiger partial charge in [0.05, 0.1) is 6.54 Å². The molecule has 138 valence electrons. The largest absolute Gasteiger partial charge is 0.349 e. The molecule has 0 saturated heterocycles. The molecule has 1 aliphatic heterocycles. The maximum Gasteiger partial charge on any atom is 0.238 e. The summed E-state index contributed by atoms with van der Waals surface area (Å²) in [7, 11) is 0. The number of nitrogens with one attached hydrogen (secondary N) is 1. The average molecular weight is 359 g/mol. The van der Waals surface area contributed by atoms with Crippen LogP contribution in [0, 0.1) is 0 Å². The summed E-state index contributed by atoms with van der Waals surface area (Å²) >= 11 is 0. The van der Waals surface area contributed by atoms with Crippen LogP contribution < -0.4 is 5.32 Å². The molecule has 2 heterocycles. The quantitative estimate of drug-likeness (QED) is 0.745. The van der Waals surface area contributed by atoms with E-state index in [0.717, 1.165) is 30.8 Å². The Labute approximate surface area is 160 Å². The van der Waals surface area contributed by atoms with Crippen LogP contribution in [0.2, 0.25) is 0 Å². The van der Waals surface area contributed by atoms with E-state index in [1.165, 1.54) is 11.3 Å². The summed E-state index contributed by atoms with van der Waals surface area (Å²) in [4.78, 5) is 15.0. The fraction of sp³-hybridized carbons (Fsp3) is 0.261. The Morgan fingerprint density at radius 2 is 1.78 bits per heavy atom. The minimum Gasteiger partial charge on any atom is -0.349 e. The van der Waals surface area contributed by atoms with Crippen molar-refractivity contribution in [3.63, 3.8) is 0 Å². The molecule has 4 nitrogen and oxygen atoms in total. The fourth-order valence-electron chi connectivity index (χ4n) is 3.83. The van der Waals surface area contributed by atoms with Crippen LogP contribution in [0.3, 0.4) is 0 Å². The zero-order valence-electron chi connectivity index (χ0n) is 15.6. The summed E-state index contributed by atoms with van der Waals surface area (Å²) in [5.74, 6) is 0.0439. The van der Waals surface area contributed by atoms with Gasteiger partial charge in [0.2, 0.25) is 5.91 Å². The number of hydrogen-bond donors (Lipinski definition) is 1. The van der Waals surface area contributed by atoms with E-state index < -0.39 is 0 Å². The minimum absolute atomic E-state index is 0.0439. The molecule has 27 heavy (non-hydrogen) atoms. The van der Waals surface area contributed by atoms with E-state index in [4.69, 9.17) is 0 Å². The molecule has 0 radical (unpaired) electrons. The minimum atomic E-state index is 0.0439. The molecule has 4 heteroatoms. The van der Waals surface area contributed by atoms with Crippen LogP contribution >= 0.6 is 0 Å². The second-order valence-corrected chi connectivity index (χ2v) is 7.14. The highest BCUT2D eigenvalue weighted by Gasteiger charge is 2.25. The fourth-order valence-corrected chi connectivity index (χ4v) is 3.83. The molecule has 1 N–H and O–H groups in total. The molecule has 3 aromatic rings. The van der Waals surface area contributed by atoms with Gasteiger partial charge in [-0.25, -0.2) is 0 Å². The molecule has 1 aromatic heterocycles. The van der Waals surface area contributed by atoms with Crippen molar-refractivity contribution in [3.05, 3.63) is 89.7 Å². The number of aromatic nitrogens is 1. The van der Waals surface area contributed by atoms with Crippen molar-refractivity contribution in [1.29, 1.82) is 0 Å². The third-order valence-corrected chi connectivity index (χ3v) is 5.34. The lowest BCUT2D eigenvalue weighted by Gasteiger charge is -2.34. The summed E-state index contributed by atoms with van der Waals surface area (Å²) in [6, 6.07) is 22.9. The second-order valence-electron chi connectivity index (χ2n) is 7.14. The number of carbonyl (C=O) groups excluding carboxylic acids is 1. The smallest absolute Gasteiger partial charge is 0.238 e. The highest BCUT2D eigenvalue weighted by molar-refractivity contribution is 5.93. The molecule has 0 bridgehead atoms. The number of carbonyl (C=O) groups is 1. The van der Waals surface area contributed by atoms with Gasteiger partial charge in [-0.3, -0.25) is 9.69 Å². The Morgan fingerprint density at radius 3 is 2.63 bits per heavy atom. The lowest BCUT2D eigenvalue weighted by Crippen LogP contribution is -2.41. The number of para-hydroxylation sites is 1. The van der Waals surface area contributed by atoms with Crippen molar-refractivity contribution in [2.24, 2.45) is 0 Å². The van der Waals surface area contributed by atoms with E-state index in [0.29, 0.717) is 6.54 Å². The van der Waals surface area contributed by atoms with Gasteiger partial charge in [0.1, 0.15) is 0 Å². The number of hydrogen-bond acceptors (Lipinski definition) is 2. The Morgan fingerprint density at radius 1 is 1.00 bits per heavy atom. The van der Waals surface area contributed by atoms with Crippen LogP contribution in [0.1, 0.15) is 29.8 Å². The van der Waals surface area contributed by atoms with Gasteiger partial charge in [0, 0.05) is 36.7 Å². The molecule has 0 unspecified atom stereocenters. The van der Waals surface area contributed by atoms with Gasteiger partial charge in [0.25, 0.3) is 0 Å². The van der Waals surface area contributed by atoms with Crippen molar-refractivity contribution in [2.45, 2.75) is 25.9 Å². The Kier molecular flexibility index (Phi) is 5.07. The van der Waals surface area contributed by atoms with E-state index >= 15 is 0 Å². The summed E-state index contributed by atoms with van der Waals surface area (Å²) in [5, 5.41) is 3.13. The monoisotopic (exact) mass is 359 g/mol. The third kappa shape index (κ3) is 3.96. The van der Waals surface area contributed by atoms with E-state index in [2.05, 4.69) is 58.2 Å². The van der Waals surface area contributed by atoms with Crippen molar-refractivity contribution in [1.82, 2.24) is 9.47 Å². The van der Waals surface area contributed by atoms with Gasteiger partial charge >= 0.3 is 0 Å². The Hall–Kier alpha value is -2.85. The first kappa shape index (κ1) is 17.6. The standard InChI is InChI=1S/C23H25N3O/c1-18-22-12-7-13-25(22)14-15-26(18)17-23(27)24-21-11-6-5-10-20(21)16-19-8-3-2-4-9-19/h2-13,18H,14-17H2,1H3,(H,24,27)/t18-/m1/s1. The van der Waals surface area contributed by atoms with Crippen LogP contribution in [0.15, 0.2) is 72.9 Å². The van der Waals surface area contributed by atoms with Crippen LogP contribution in [0.4, 0.5) is 5.69 Å². The lowest BCUT2D eigenvalue weighted by molar-refractivity contribution is -0.118. The molecule has 1 aliphatic rings. The number of fused-ring (bicyclic) bond motifs is 1. The first-order valence-corrected chi connectivity index (χ1v) is 9.51.